The summed E-state index contributed by atoms with van der Waals surface area (Å²) >= 11 is 0. The molecule has 7 heteroatoms. The first-order chi connectivity index (χ1) is 11.7. The first-order valence-electron chi connectivity index (χ1n) is 8.73. The molecule has 0 saturated heterocycles. The number of hydrogen-bond donors (Lipinski definition) is 2. The monoisotopic (exact) mass is 467 g/mol. The zero-order valence-corrected chi connectivity index (χ0v) is 17.0. The first-order valence-corrected chi connectivity index (χ1v) is 8.73. The standard InChI is InChI=1S/C18H27F2N3O.HI/c1-2-21-18(22-10-4-12-24-13-14-7-8-14)23-11-9-15-16(19)5-3-6-17(15)20;/h3,5-6,14H,2,4,7-13H2,1H3,(H2,21,22,23);1H. The molecule has 0 spiro atoms. The van der Waals surface area contributed by atoms with Crippen molar-refractivity contribution in [1.82, 2.24) is 10.6 Å². The molecule has 0 radical (unpaired) electrons. The van der Waals surface area contributed by atoms with E-state index in [0.29, 0.717) is 19.0 Å². The molecule has 4 nitrogen and oxygen atoms in total. The van der Waals surface area contributed by atoms with Crippen molar-refractivity contribution in [1.29, 1.82) is 0 Å². The fraction of sp³-hybridized carbons (Fsp3) is 0.611. The molecule has 0 atom stereocenters. The summed E-state index contributed by atoms with van der Waals surface area (Å²) in [7, 11) is 0. The summed E-state index contributed by atoms with van der Waals surface area (Å²) in [6.45, 7) is 5.39. The molecule has 0 unspecified atom stereocenters. The van der Waals surface area contributed by atoms with Gasteiger partial charge in [0.15, 0.2) is 5.96 Å². The van der Waals surface area contributed by atoms with E-state index in [4.69, 9.17) is 4.74 Å². The lowest BCUT2D eigenvalue weighted by Gasteiger charge is -2.12. The minimum absolute atomic E-state index is 0. The normalized spacial score (nSPS) is 14.1. The van der Waals surface area contributed by atoms with E-state index >= 15 is 0 Å². The lowest BCUT2D eigenvalue weighted by Crippen LogP contribution is -2.38. The van der Waals surface area contributed by atoms with Gasteiger partial charge >= 0.3 is 0 Å². The van der Waals surface area contributed by atoms with E-state index in [9.17, 15) is 8.78 Å². The van der Waals surface area contributed by atoms with Gasteiger partial charge in [-0.3, -0.25) is 4.99 Å². The maximum atomic E-state index is 13.6. The van der Waals surface area contributed by atoms with Crippen LogP contribution in [-0.4, -0.2) is 38.8 Å². The number of rotatable bonds is 10. The Kier molecular flexibility index (Phi) is 11.0. The van der Waals surface area contributed by atoms with E-state index in [2.05, 4.69) is 15.6 Å². The number of hydrogen-bond acceptors (Lipinski definition) is 2. The average Bonchev–Trinajstić information content (AvgIpc) is 3.37. The van der Waals surface area contributed by atoms with E-state index in [1.807, 2.05) is 6.92 Å². The second-order valence-electron chi connectivity index (χ2n) is 6.01. The Morgan fingerprint density at radius 3 is 2.60 bits per heavy atom. The molecule has 0 heterocycles. The van der Waals surface area contributed by atoms with Crippen molar-refractivity contribution in [2.24, 2.45) is 10.9 Å². The minimum Gasteiger partial charge on any atom is -0.381 e. The third-order valence-corrected chi connectivity index (χ3v) is 3.84. The van der Waals surface area contributed by atoms with Crippen molar-refractivity contribution in [2.75, 3.05) is 32.8 Å². The van der Waals surface area contributed by atoms with Crippen LogP contribution in [0.25, 0.3) is 0 Å². The summed E-state index contributed by atoms with van der Waals surface area (Å²) in [5.41, 5.74) is 0.106. The first kappa shape index (κ1) is 22.1. The maximum Gasteiger partial charge on any atom is 0.191 e. The number of guanidine groups is 1. The fourth-order valence-corrected chi connectivity index (χ4v) is 2.31. The highest BCUT2D eigenvalue weighted by Crippen LogP contribution is 2.28. The second-order valence-corrected chi connectivity index (χ2v) is 6.01. The van der Waals surface area contributed by atoms with E-state index in [-0.39, 0.29) is 36.0 Å². The van der Waals surface area contributed by atoms with Crippen molar-refractivity contribution in [3.05, 3.63) is 35.4 Å². The maximum absolute atomic E-state index is 13.6. The molecular weight excluding hydrogens is 439 g/mol. The van der Waals surface area contributed by atoms with Gasteiger partial charge in [-0.2, -0.15) is 0 Å². The zero-order chi connectivity index (χ0) is 17.2. The molecule has 1 fully saturated rings. The summed E-state index contributed by atoms with van der Waals surface area (Å²) in [5.74, 6) is 0.431. The Morgan fingerprint density at radius 1 is 1.24 bits per heavy atom. The van der Waals surface area contributed by atoms with Gasteiger partial charge < -0.3 is 15.4 Å². The third-order valence-electron chi connectivity index (χ3n) is 3.84. The number of aliphatic imine (C=N–C) groups is 1. The van der Waals surface area contributed by atoms with Crippen molar-refractivity contribution < 1.29 is 13.5 Å². The molecule has 142 valence electrons. The molecular formula is C18H28F2IN3O. The van der Waals surface area contributed by atoms with Gasteiger partial charge in [-0.1, -0.05) is 6.07 Å². The van der Waals surface area contributed by atoms with E-state index in [1.165, 1.54) is 31.0 Å². The average molecular weight is 467 g/mol. The Hall–Kier alpha value is -0.960. The van der Waals surface area contributed by atoms with Gasteiger partial charge in [-0.05, 0) is 50.7 Å². The predicted octanol–water partition coefficient (Wildman–Crippen LogP) is 3.50. The molecule has 1 aliphatic carbocycles. The van der Waals surface area contributed by atoms with Crippen LogP contribution in [0.1, 0.15) is 31.7 Å². The number of nitrogens with one attached hydrogen (secondary N) is 2. The summed E-state index contributed by atoms with van der Waals surface area (Å²) in [4.78, 5) is 4.45. The van der Waals surface area contributed by atoms with Gasteiger partial charge in [-0.15, -0.1) is 24.0 Å². The largest absolute Gasteiger partial charge is 0.381 e. The van der Waals surface area contributed by atoms with Crippen LogP contribution < -0.4 is 10.6 Å². The number of nitrogens with zero attached hydrogens (tertiary/aromatic N) is 1. The highest BCUT2D eigenvalue weighted by atomic mass is 127. The van der Waals surface area contributed by atoms with Crippen LogP contribution in [0.2, 0.25) is 0 Å². The van der Waals surface area contributed by atoms with Gasteiger partial charge in [0.25, 0.3) is 0 Å². The molecule has 25 heavy (non-hydrogen) atoms. The van der Waals surface area contributed by atoms with Gasteiger partial charge in [-0.25, -0.2) is 8.78 Å². The summed E-state index contributed by atoms with van der Waals surface area (Å²) < 4.78 is 32.7. The molecule has 0 bridgehead atoms. The molecule has 0 aromatic heterocycles. The van der Waals surface area contributed by atoms with Crippen LogP contribution in [0, 0.1) is 17.6 Å². The van der Waals surface area contributed by atoms with Gasteiger partial charge in [0.1, 0.15) is 11.6 Å². The number of benzene rings is 1. The lowest BCUT2D eigenvalue weighted by atomic mass is 10.1. The minimum atomic E-state index is -0.508. The molecule has 1 saturated carbocycles. The van der Waals surface area contributed by atoms with E-state index < -0.39 is 11.6 Å². The van der Waals surface area contributed by atoms with Crippen molar-refractivity contribution in [3.8, 4) is 0 Å². The van der Waals surface area contributed by atoms with Crippen LogP contribution in [-0.2, 0) is 11.2 Å². The van der Waals surface area contributed by atoms with Crippen molar-refractivity contribution in [2.45, 2.75) is 32.6 Å². The molecule has 1 aliphatic rings. The Labute approximate surface area is 165 Å². The molecule has 1 aromatic carbocycles. The van der Waals surface area contributed by atoms with Crippen LogP contribution in [0.15, 0.2) is 23.2 Å². The highest BCUT2D eigenvalue weighted by Gasteiger charge is 2.20. The summed E-state index contributed by atoms with van der Waals surface area (Å²) in [6.07, 6.45) is 3.74. The van der Waals surface area contributed by atoms with Crippen LogP contribution in [0.5, 0.6) is 0 Å². The fourth-order valence-electron chi connectivity index (χ4n) is 2.31. The molecule has 0 amide bonds. The zero-order valence-electron chi connectivity index (χ0n) is 14.7. The Bertz CT molecular complexity index is 519. The predicted molar refractivity (Wildman–Crippen MR) is 108 cm³/mol. The Balaban J connectivity index is 0.00000312. The highest BCUT2D eigenvalue weighted by molar-refractivity contribution is 14.0. The second kappa shape index (κ2) is 12.4. The Morgan fingerprint density at radius 2 is 1.96 bits per heavy atom. The van der Waals surface area contributed by atoms with Crippen LogP contribution in [0.4, 0.5) is 8.78 Å². The number of ether oxygens (including phenoxy) is 1. The molecule has 1 aromatic rings. The topological polar surface area (TPSA) is 45.7 Å². The lowest BCUT2D eigenvalue weighted by molar-refractivity contribution is 0.123. The quantitative estimate of drug-likeness (QED) is 0.240. The van der Waals surface area contributed by atoms with Crippen molar-refractivity contribution >= 4 is 29.9 Å². The summed E-state index contributed by atoms with van der Waals surface area (Å²) in [5, 5.41) is 6.24. The van der Waals surface area contributed by atoms with Crippen molar-refractivity contribution in [3.63, 3.8) is 0 Å². The van der Waals surface area contributed by atoms with Gasteiger partial charge in [0.05, 0.1) is 0 Å². The van der Waals surface area contributed by atoms with E-state index in [0.717, 1.165) is 32.1 Å². The van der Waals surface area contributed by atoms with Crippen LogP contribution in [0.3, 0.4) is 0 Å². The number of halogens is 3. The SMILES string of the molecule is CCNC(=NCCCOCC1CC1)NCCc1c(F)cccc1F.I. The molecule has 0 aliphatic heterocycles. The smallest absolute Gasteiger partial charge is 0.191 e. The van der Waals surface area contributed by atoms with Crippen LogP contribution >= 0.6 is 24.0 Å². The molecule has 2 rings (SSSR count). The van der Waals surface area contributed by atoms with Gasteiger partial charge in [0, 0.05) is 38.4 Å². The van der Waals surface area contributed by atoms with Gasteiger partial charge in [0.2, 0.25) is 0 Å². The third kappa shape index (κ3) is 8.80. The van der Waals surface area contributed by atoms with E-state index in [1.54, 1.807) is 0 Å². The summed E-state index contributed by atoms with van der Waals surface area (Å²) in [6, 6.07) is 3.93. The molecule has 2 N–H and O–H groups in total.